The van der Waals surface area contributed by atoms with Crippen molar-refractivity contribution in [1.82, 2.24) is 25.3 Å². The Kier molecular flexibility index (Phi) is 4.78. The normalized spacial score (nSPS) is 19.6. The van der Waals surface area contributed by atoms with E-state index in [-0.39, 0.29) is 5.95 Å². The number of anilines is 2. The van der Waals surface area contributed by atoms with E-state index in [4.69, 9.17) is 20.4 Å². The van der Waals surface area contributed by atoms with Crippen molar-refractivity contribution in [2.75, 3.05) is 50.0 Å². The minimum absolute atomic E-state index is 0.217. The molecule has 0 atom stereocenters. The summed E-state index contributed by atoms with van der Waals surface area (Å²) in [6.45, 7) is 4.48. The second kappa shape index (κ2) is 7.45. The quantitative estimate of drug-likeness (QED) is 0.580. The van der Waals surface area contributed by atoms with Crippen molar-refractivity contribution in [1.29, 1.82) is 0 Å². The van der Waals surface area contributed by atoms with Crippen LogP contribution in [0.25, 0.3) is 21.6 Å². The minimum atomic E-state index is -0.816. The highest BCUT2D eigenvalue weighted by Crippen LogP contribution is 2.41. The predicted octanol–water partition coefficient (Wildman–Crippen LogP) is 1.14. The molecule has 2 aliphatic rings. The molecule has 0 aromatic carbocycles. The molecule has 0 unspecified atom stereocenters. The number of hydrogen-bond donors (Lipinski definition) is 3. The van der Waals surface area contributed by atoms with Crippen molar-refractivity contribution < 1.29 is 9.84 Å². The van der Waals surface area contributed by atoms with Gasteiger partial charge in [0.25, 0.3) is 0 Å². The van der Waals surface area contributed by atoms with Gasteiger partial charge in [0.1, 0.15) is 5.60 Å². The van der Waals surface area contributed by atoms with Crippen LogP contribution >= 0.6 is 11.3 Å². The van der Waals surface area contributed by atoms with Gasteiger partial charge in [0.2, 0.25) is 5.95 Å². The Morgan fingerprint density at radius 3 is 2.59 bits per heavy atom. The van der Waals surface area contributed by atoms with Gasteiger partial charge in [-0.05, 0) is 32.0 Å². The highest BCUT2D eigenvalue weighted by molar-refractivity contribution is 7.19. The van der Waals surface area contributed by atoms with E-state index in [9.17, 15) is 5.11 Å². The zero-order chi connectivity index (χ0) is 19.8. The molecular weight excluding hydrogens is 390 g/mol. The molecule has 3 aromatic heterocycles. The van der Waals surface area contributed by atoms with Crippen LogP contribution in [0, 0.1) is 0 Å². The zero-order valence-electron chi connectivity index (χ0n) is 16.0. The molecule has 2 aliphatic heterocycles. The number of nitrogens with zero attached hydrogens (tertiary/aromatic N) is 5. The lowest BCUT2D eigenvalue weighted by molar-refractivity contribution is 0.00950. The van der Waals surface area contributed by atoms with Crippen LogP contribution in [0.2, 0.25) is 0 Å². The van der Waals surface area contributed by atoms with Gasteiger partial charge in [-0.25, -0.2) is 19.9 Å². The molecule has 9 nitrogen and oxygen atoms in total. The first kappa shape index (κ1) is 18.6. The van der Waals surface area contributed by atoms with Crippen molar-refractivity contribution in [3.05, 3.63) is 23.3 Å². The van der Waals surface area contributed by atoms with Crippen LogP contribution in [0.1, 0.15) is 17.7 Å². The number of aromatic nitrogens is 4. The molecule has 5 heterocycles. The van der Waals surface area contributed by atoms with Gasteiger partial charge in [0, 0.05) is 30.4 Å². The molecule has 2 fully saturated rings. The molecular formula is C19H23N7O2S. The molecule has 0 radical (unpaired) electrons. The Balaban J connectivity index is 1.64. The maximum absolute atomic E-state index is 11.2. The number of ether oxygens (including phenoxy) is 1. The first-order valence-corrected chi connectivity index (χ1v) is 10.6. The lowest BCUT2D eigenvalue weighted by Crippen LogP contribution is -2.39. The van der Waals surface area contributed by atoms with E-state index in [1.165, 1.54) is 0 Å². The molecule has 0 saturated carbocycles. The van der Waals surface area contributed by atoms with Gasteiger partial charge >= 0.3 is 0 Å². The number of aliphatic hydroxyl groups is 1. The van der Waals surface area contributed by atoms with Crippen LogP contribution < -0.4 is 16.0 Å². The summed E-state index contributed by atoms with van der Waals surface area (Å²) in [6, 6.07) is 2.01. The van der Waals surface area contributed by atoms with Crippen molar-refractivity contribution >= 4 is 33.3 Å². The van der Waals surface area contributed by atoms with Crippen LogP contribution in [0.15, 0.2) is 18.5 Å². The molecule has 0 amide bonds. The van der Waals surface area contributed by atoms with E-state index >= 15 is 0 Å². The monoisotopic (exact) mass is 413 g/mol. The molecule has 3 aromatic rings. The van der Waals surface area contributed by atoms with Crippen LogP contribution in [0.5, 0.6) is 0 Å². The summed E-state index contributed by atoms with van der Waals surface area (Å²) in [5, 5.41) is 14.5. The molecule has 4 N–H and O–H groups in total. The summed E-state index contributed by atoms with van der Waals surface area (Å²) in [5.41, 5.74) is 6.36. The number of nitrogens with two attached hydrogens (primary N) is 1. The van der Waals surface area contributed by atoms with Crippen LogP contribution in [0.4, 0.5) is 11.8 Å². The first-order chi connectivity index (χ1) is 14.1. The maximum Gasteiger partial charge on any atom is 0.219 e. The van der Waals surface area contributed by atoms with Crippen molar-refractivity contribution in [2.24, 2.45) is 0 Å². The largest absolute Gasteiger partial charge is 0.384 e. The Bertz CT molecular complexity index is 1010. The fourth-order valence-corrected chi connectivity index (χ4v) is 5.06. The third kappa shape index (κ3) is 3.52. The summed E-state index contributed by atoms with van der Waals surface area (Å²) >= 11 is 1.59. The fraction of sp³-hybridized carbons (Fsp3) is 0.474. The van der Waals surface area contributed by atoms with E-state index < -0.39 is 5.60 Å². The van der Waals surface area contributed by atoms with Gasteiger partial charge in [-0.2, -0.15) is 0 Å². The summed E-state index contributed by atoms with van der Waals surface area (Å²) in [4.78, 5) is 21.0. The van der Waals surface area contributed by atoms with Gasteiger partial charge in [-0.3, -0.25) is 0 Å². The number of piperidine rings is 1. The molecule has 5 rings (SSSR count). The van der Waals surface area contributed by atoms with E-state index in [1.807, 2.05) is 6.07 Å². The van der Waals surface area contributed by atoms with E-state index in [0.29, 0.717) is 37.4 Å². The molecule has 29 heavy (non-hydrogen) atoms. The number of morpholine rings is 1. The average Bonchev–Trinajstić information content (AvgIpc) is 3.20. The SMILES string of the molecule is Nc1ncc(-c2nc(N3CCOCC3)c3sc(C4(O)CCNCC4)cc3n2)cn1. The second-order valence-electron chi connectivity index (χ2n) is 7.41. The van der Waals surface area contributed by atoms with E-state index in [1.54, 1.807) is 23.7 Å². The Morgan fingerprint density at radius 2 is 1.86 bits per heavy atom. The molecule has 0 spiro atoms. The number of thiophene rings is 1. The standard InChI is InChI=1S/C19H23N7O2S/c20-18-22-10-12(11-23-18)16-24-13-9-14(19(27)1-3-21-4-2-19)29-15(13)17(25-16)26-5-7-28-8-6-26/h9-11,21,27H,1-8H2,(H2,20,22,23). The minimum Gasteiger partial charge on any atom is -0.384 e. The number of fused-ring (bicyclic) bond motifs is 1. The molecule has 0 aliphatic carbocycles. The summed E-state index contributed by atoms with van der Waals surface area (Å²) in [7, 11) is 0. The van der Waals surface area contributed by atoms with Crippen molar-refractivity contribution in [3.8, 4) is 11.4 Å². The maximum atomic E-state index is 11.2. The molecule has 152 valence electrons. The van der Waals surface area contributed by atoms with Crippen LogP contribution in [0.3, 0.4) is 0 Å². The van der Waals surface area contributed by atoms with Gasteiger partial charge in [0.05, 0.1) is 29.0 Å². The van der Waals surface area contributed by atoms with Crippen molar-refractivity contribution in [3.63, 3.8) is 0 Å². The number of rotatable bonds is 3. The first-order valence-electron chi connectivity index (χ1n) is 9.78. The van der Waals surface area contributed by atoms with Crippen LogP contribution in [-0.2, 0) is 10.3 Å². The second-order valence-corrected chi connectivity index (χ2v) is 8.46. The van der Waals surface area contributed by atoms with Crippen molar-refractivity contribution in [2.45, 2.75) is 18.4 Å². The Morgan fingerprint density at radius 1 is 1.14 bits per heavy atom. The van der Waals surface area contributed by atoms with Gasteiger partial charge in [-0.1, -0.05) is 0 Å². The number of nitrogens with one attached hydrogen (secondary N) is 1. The highest BCUT2D eigenvalue weighted by atomic mass is 32.1. The summed E-state index contributed by atoms with van der Waals surface area (Å²) in [6.07, 6.45) is 4.66. The fourth-order valence-electron chi connectivity index (χ4n) is 3.80. The molecule has 0 bridgehead atoms. The van der Waals surface area contributed by atoms with E-state index in [2.05, 4.69) is 20.2 Å². The average molecular weight is 414 g/mol. The molecule has 2 saturated heterocycles. The third-order valence-electron chi connectivity index (χ3n) is 5.48. The number of nitrogen functional groups attached to an aromatic ring is 1. The third-order valence-corrected chi connectivity index (χ3v) is 6.80. The highest BCUT2D eigenvalue weighted by Gasteiger charge is 2.34. The topological polar surface area (TPSA) is 122 Å². The van der Waals surface area contributed by atoms with Crippen LogP contribution in [-0.4, -0.2) is 64.4 Å². The number of hydrogen-bond acceptors (Lipinski definition) is 10. The van der Waals surface area contributed by atoms with Gasteiger partial charge < -0.3 is 25.8 Å². The molecule has 10 heteroatoms. The summed E-state index contributed by atoms with van der Waals surface area (Å²) < 4.78 is 6.51. The lowest BCUT2D eigenvalue weighted by atomic mass is 9.91. The van der Waals surface area contributed by atoms with E-state index in [0.717, 1.165) is 47.1 Å². The van der Waals surface area contributed by atoms with Gasteiger partial charge in [-0.15, -0.1) is 11.3 Å². The summed E-state index contributed by atoms with van der Waals surface area (Å²) in [5.74, 6) is 1.65. The Hall–Kier alpha value is -2.40. The zero-order valence-corrected chi connectivity index (χ0v) is 16.8. The smallest absolute Gasteiger partial charge is 0.219 e. The predicted molar refractivity (Wildman–Crippen MR) is 112 cm³/mol. The lowest BCUT2D eigenvalue weighted by Gasteiger charge is -2.31. The van der Waals surface area contributed by atoms with Gasteiger partial charge in [0.15, 0.2) is 11.6 Å². The Labute approximate surface area is 172 Å².